The van der Waals surface area contributed by atoms with Crippen LogP contribution in [0.4, 0.5) is 0 Å². The van der Waals surface area contributed by atoms with Crippen molar-refractivity contribution >= 4 is 23.1 Å². The van der Waals surface area contributed by atoms with Crippen LogP contribution in [0, 0.1) is 0 Å². The number of Topliss-reactive ketones (excluding diaryl/α,β-unsaturated/α-hetero) is 1. The van der Waals surface area contributed by atoms with Gasteiger partial charge in [-0.3, -0.25) is 4.79 Å². The highest BCUT2D eigenvalue weighted by molar-refractivity contribution is 6.30. The zero-order valence-electron chi connectivity index (χ0n) is 12.5. The number of carbonyl (C=O) groups excluding carboxylic acids is 1. The van der Waals surface area contributed by atoms with Crippen LogP contribution < -0.4 is 4.90 Å². The zero-order chi connectivity index (χ0) is 15.5. The van der Waals surface area contributed by atoms with E-state index in [-0.39, 0.29) is 17.6 Å². The van der Waals surface area contributed by atoms with E-state index in [1.807, 2.05) is 0 Å². The molecular formula is C17H21ClNO3+. The van der Waals surface area contributed by atoms with E-state index in [1.165, 1.54) is 4.90 Å². The third-order valence-corrected chi connectivity index (χ3v) is 4.82. The molecule has 1 saturated heterocycles. The number of hydrogen-bond donors (Lipinski definition) is 2. The number of hydrogen-bond acceptors (Lipinski definition) is 3. The Morgan fingerprint density at radius 3 is 2.59 bits per heavy atom. The molecule has 3 rings (SSSR count). The molecule has 1 aliphatic heterocycles. The predicted octanol–water partition coefficient (Wildman–Crippen LogP) is 1.65. The Morgan fingerprint density at radius 2 is 1.91 bits per heavy atom. The number of ketones is 1. The molecule has 118 valence electrons. The molecule has 1 aromatic rings. The van der Waals surface area contributed by atoms with Gasteiger partial charge in [-0.2, -0.15) is 0 Å². The molecule has 0 spiro atoms. The SMILES string of the molecule is O=C1C(=C(O)c2ccc(Cl)cc2)CCC[C@H]1[NH+]1CCOCC1. The smallest absolute Gasteiger partial charge is 0.219 e. The van der Waals surface area contributed by atoms with Gasteiger partial charge in [-0.1, -0.05) is 11.6 Å². The lowest BCUT2D eigenvalue weighted by Crippen LogP contribution is -3.18. The Morgan fingerprint density at radius 1 is 1.23 bits per heavy atom. The van der Waals surface area contributed by atoms with Gasteiger partial charge in [0.05, 0.1) is 13.2 Å². The standard InChI is InChI=1S/C17H20ClNO3/c18-13-6-4-12(5-7-13)16(20)14-2-1-3-15(17(14)21)19-8-10-22-11-9-19/h4-7,15,20H,1-3,8-11H2/p+1/t15-/m1/s1. The van der Waals surface area contributed by atoms with E-state index in [4.69, 9.17) is 16.3 Å². The number of halogens is 1. The maximum absolute atomic E-state index is 12.8. The van der Waals surface area contributed by atoms with Crippen LogP contribution in [0.5, 0.6) is 0 Å². The third-order valence-electron chi connectivity index (χ3n) is 4.56. The number of carbonyl (C=O) groups is 1. The van der Waals surface area contributed by atoms with E-state index < -0.39 is 0 Å². The molecule has 2 N–H and O–H groups in total. The first kappa shape index (κ1) is 15.5. The summed E-state index contributed by atoms with van der Waals surface area (Å²) in [6, 6.07) is 6.92. The van der Waals surface area contributed by atoms with Crippen molar-refractivity contribution in [3.8, 4) is 0 Å². The van der Waals surface area contributed by atoms with Crippen molar-refractivity contribution in [2.75, 3.05) is 26.3 Å². The molecule has 2 fully saturated rings. The van der Waals surface area contributed by atoms with E-state index >= 15 is 0 Å². The molecule has 22 heavy (non-hydrogen) atoms. The van der Waals surface area contributed by atoms with E-state index in [1.54, 1.807) is 24.3 Å². The molecular weight excluding hydrogens is 302 g/mol. The summed E-state index contributed by atoms with van der Waals surface area (Å²) in [6.07, 6.45) is 2.48. The molecule has 2 aliphatic rings. The summed E-state index contributed by atoms with van der Waals surface area (Å²) in [7, 11) is 0. The lowest BCUT2D eigenvalue weighted by Gasteiger charge is -2.33. The quantitative estimate of drug-likeness (QED) is 0.643. The van der Waals surface area contributed by atoms with Gasteiger partial charge in [-0.15, -0.1) is 0 Å². The predicted molar refractivity (Wildman–Crippen MR) is 85.2 cm³/mol. The van der Waals surface area contributed by atoms with E-state index in [9.17, 15) is 9.90 Å². The number of morpholine rings is 1. The molecule has 0 aromatic heterocycles. The van der Waals surface area contributed by atoms with E-state index in [0.717, 1.165) is 25.9 Å². The number of benzene rings is 1. The van der Waals surface area contributed by atoms with Crippen LogP contribution in [0.2, 0.25) is 5.02 Å². The lowest BCUT2D eigenvalue weighted by molar-refractivity contribution is -0.924. The molecule has 1 heterocycles. The molecule has 1 aromatic carbocycles. The molecule has 5 heteroatoms. The number of aliphatic hydroxyl groups excluding tert-OH is 1. The fourth-order valence-electron chi connectivity index (χ4n) is 3.34. The number of quaternary nitrogens is 1. The van der Waals surface area contributed by atoms with E-state index in [0.29, 0.717) is 35.8 Å². The highest BCUT2D eigenvalue weighted by Gasteiger charge is 2.37. The maximum Gasteiger partial charge on any atom is 0.219 e. The van der Waals surface area contributed by atoms with Gasteiger partial charge in [0.1, 0.15) is 18.8 Å². The van der Waals surface area contributed by atoms with Gasteiger partial charge < -0.3 is 14.7 Å². The number of nitrogens with one attached hydrogen (secondary N) is 1. The first-order chi connectivity index (χ1) is 10.7. The largest absolute Gasteiger partial charge is 0.507 e. The summed E-state index contributed by atoms with van der Waals surface area (Å²) < 4.78 is 5.37. The Bertz CT molecular complexity index is 576. The number of rotatable bonds is 2. The summed E-state index contributed by atoms with van der Waals surface area (Å²) in [5, 5.41) is 11.1. The van der Waals surface area contributed by atoms with Gasteiger partial charge in [-0.25, -0.2) is 0 Å². The Labute approximate surface area is 135 Å². The summed E-state index contributed by atoms with van der Waals surface area (Å²) in [6.45, 7) is 3.15. The highest BCUT2D eigenvalue weighted by Crippen LogP contribution is 2.27. The second-order valence-corrected chi connectivity index (χ2v) is 6.35. The Kier molecular flexibility index (Phi) is 4.81. The Hall–Kier alpha value is -1.36. The van der Waals surface area contributed by atoms with Crippen LogP contribution in [-0.2, 0) is 9.53 Å². The van der Waals surface area contributed by atoms with Crippen molar-refractivity contribution in [1.82, 2.24) is 0 Å². The van der Waals surface area contributed by atoms with Gasteiger partial charge >= 0.3 is 0 Å². The van der Waals surface area contributed by atoms with Gasteiger partial charge in [0.15, 0.2) is 6.04 Å². The summed E-state index contributed by atoms with van der Waals surface area (Å²) >= 11 is 5.88. The average molecular weight is 323 g/mol. The molecule has 0 bridgehead atoms. The summed E-state index contributed by atoms with van der Waals surface area (Å²) in [5.74, 6) is 0.203. The minimum Gasteiger partial charge on any atom is -0.507 e. The summed E-state index contributed by atoms with van der Waals surface area (Å²) in [5.41, 5.74) is 1.22. The van der Waals surface area contributed by atoms with E-state index in [2.05, 4.69) is 0 Å². The van der Waals surface area contributed by atoms with Crippen LogP contribution >= 0.6 is 11.6 Å². The molecule has 1 saturated carbocycles. The molecule has 0 unspecified atom stereocenters. The van der Waals surface area contributed by atoms with Gasteiger partial charge in [-0.05, 0) is 37.1 Å². The number of ether oxygens (including phenoxy) is 1. The third kappa shape index (κ3) is 3.19. The first-order valence-corrected chi connectivity index (χ1v) is 8.19. The Balaban J connectivity index is 1.84. The minimum atomic E-state index is -0.0397. The first-order valence-electron chi connectivity index (χ1n) is 7.81. The normalized spacial score (nSPS) is 26.0. The average Bonchev–Trinajstić information content (AvgIpc) is 2.56. The van der Waals surface area contributed by atoms with Crippen LogP contribution in [0.15, 0.2) is 29.8 Å². The van der Waals surface area contributed by atoms with Crippen molar-refractivity contribution in [1.29, 1.82) is 0 Å². The molecule has 0 amide bonds. The monoisotopic (exact) mass is 322 g/mol. The van der Waals surface area contributed by atoms with Crippen LogP contribution in [0.1, 0.15) is 24.8 Å². The number of aliphatic hydroxyl groups is 1. The molecule has 1 aliphatic carbocycles. The van der Waals surface area contributed by atoms with Crippen molar-refractivity contribution in [3.05, 3.63) is 40.4 Å². The molecule has 1 atom stereocenters. The molecule has 4 nitrogen and oxygen atoms in total. The second kappa shape index (κ2) is 6.82. The topological polar surface area (TPSA) is 51.0 Å². The van der Waals surface area contributed by atoms with Gasteiger partial charge in [0.25, 0.3) is 0 Å². The van der Waals surface area contributed by atoms with Crippen molar-refractivity contribution in [2.45, 2.75) is 25.3 Å². The lowest BCUT2D eigenvalue weighted by atomic mass is 9.86. The van der Waals surface area contributed by atoms with Crippen molar-refractivity contribution in [3.63, 3.8) is 0 Å². The van der Waals surface area contributed by atoms with Gasteiger partial charge in [0.2, 0.25) is 5.78 Å². The molecule has 0 radical (unpaired) electrons. The minimum absolute atomic E-state index is 0.0397. The van der Waals surface area contributed by atoms with Crippen LogP contribution in [0.25, 0.3) is 5.76 Å². The highest BCUT2D eigenvalue weighted by atomic mass is 35.5. The van der Waals surface area contributed by atoms with Crippen molar-refractivity contribution in [2.24, 2.45) is 0 Å². The van der Waals surface area contributed by atoms with Crippen LogP contribution in [-0.4, -0.2) is 43.2 Å². The zero-order valence-corrected chi connectivity index (χ0v) is 13.2. The van der Waals surface area contributed by atoms with Crippen molar-refractivity contribution < 1.29 is 19.5 Å². The second-order valence-electron chi connectivity index (χ2n) is 5.91. The fraction of sp³-hybridized carbons (Fsp3) is 0.471. The fourth-order valence-corrected chi connectivity index (χ4v) is 3.46. The summed E-state index contributed by atoms with van der Waals surface area (Å²) in [4.78, 5) is 14.1. The maximum atomic E-state index is 12.8. The van der Waals surface area contributed by atoms with Crippen LogP contribution in [0.3, 0.4) is 0 Å². The van der Waals surface area contributed by atoms with Gasteiger partial charge in [0, 0.05) is 22.6 Å².